The van der Waals surface area contributed by atoms with Crippen LogP contribution in [0.25, 0.3) is 0 Å². The molecular weight excluding hydrogens is 108 g/mol. The van der Waals surface area contributed by atoms with Crippen molar-refractivity contribution in [3.8, 4) is 0 Å². The van der Waals surface area contributed by atoms with Crippen LogP contribution in [0, 0.1) is 0 Å². The first-order valence-corrected chi connectivity index (χ1v) is 2.15. The lowest BCUT2D eigenvalue weighted by Crippen LogP contribution is -1.96. The number of hydrogen-bond acceptors (Lipinski definition) is 3. The third-order valence-corrected chi connectivity index (χ3v) is 0.455. The van der Waals surface area contributed by atoms with E-state index in [1.165, 1.54) is 0 Å². The Bertz CT molecular complexity index is 60.1. The second kappa shape index (κ2) is 6.17. The maximum absolute atomic E-state index is 9.44. The Balaban J connectivity index is 2.71. The molecule has 0 N–H and O–H groups in total. The van der Waals surface area contributed by atoms with Crippen LogP contribution in [0.4, 0.5) is 0 Å². The Kier molecular flexibility index (Phi) is 5.53. The van der Waals surface area contributed by atoms with Crippen LogP contribution in [0.3, 0.4) is 0 Å². The van der Waals surface area contributed by atoms with E-state index in [2.05, 4.69) is 16.1 Å². The number of ether oxygens (including phenoxy) is 2. The molecule has 0 aliphatic heterocycles. The van der Waals surface area contributed by atoms with Crippen molar-refractivity contribution in [1.82, 2.24) is 0 Å². The van der Waals surface area contributed by atoms with Gasteiger partial charge in [0.2, 0.25) is 0 Å². The Morgan fingerprint density at radius 3 is 2.88 bits per heavy atom. The van der Waals surface area contributed by atoms with Gasteiger partial charge in [0, 0.05) is 0 Å². The molecular formula is C5H8O3. The lowest BCUT2D eigenvalue weighted by Gasteiger charge is -1.94. The standard InChI is InChI=1S/C5H8O3/c1-2-3-7-5-8-4-6/h2,4H,1,3,5H2. The van der Waals surface area contributed by atoms with Crippen molar-refractivity contribution in [2.75, 3.05) is 13.4 Å². The number of carbonyl (C=O) groups is 1. The summed E-state index contributed by atoms with van der Waals surface area (Å²) in [5.41, 5.74) is 0. The Morgan fingerprint density at radius 2 is 2.38 bits per heavy atom. The van der Waals surface area contributed by atoms with E-state index in [9.17, 15) is 4.79 Å². The van der Waals surface area contributed by atoms with E-state index in [0.29, 0.717) is 13.1 Å². The highest BCUT2D eigenvalue weighted by Gasteiger charge is 1.77. The molecule has 8 heavy (non-hydrogen) atoms. The summed E-state index contributed by atoms with van der Waals surface area (Å²) in [6.45, 7) is 4.15. The molecule has 0 radical (unpaired) electrons. The molecule has 3 nitrogen and oxygen atoms in total. The first kappa shape index (κ1) is 7.17. The molecule has 0 aliphatic carbocycles. The summed E-state index contributed by atoms with van der Waals surface area (Å²) in [5, 5.41) is 0. The lowest BCUT2D eigenvalue weighted by atomic mass is 10.7. The highest BCUT2D eigenvalue weighted by atomic mass is 16.7. The molecule has 46 valence electrons. The number of rotatable bonds is 5. The Hall–Kier alpha value is -0.830. The normalized spacial score (nSPS) is 8.00. The summed E-state index contributed by atoms with van der Waals surface area (Å²) in [7, 11) is 0. The molecule has 0 rings (SSSR count). The fourth-order valence-corrected chi connectivity index (χ4v) is 0.207. The van der Waals surface area contributed by atoms with Gasteiger partial charge in [0.15, 0.2) is 6.79 Å². The van der Waals surface area contributed by atoms with Gasteiger partial charge in [-0.25, -0.2) is 0 Å². The molecule has 0 atom stereocenters. The van der Waals surface area contributed by atoms with Crippen molar-refractivity contribution in [3.63, 3.8) is 0 Å². The van der Waals surface area contributed by atoms with Crippen LogP contribution in [-0.4, -0.2) is 19.9 Å². The molecule has 0 fully saturated rings. The molecule has 0 aromatic carbocycles. The average Bonchev–Trinajstić information content (AvgIpc) is 1.81. The van der Waals surface area contributed by atoms with Gasteiger partial charge in [-0.2, -0.15) is 0 Å². The molecule has 0 aliphatic rings. The summed E-state index contributed by atoms with van der Waals surface area (Å²) in [6.07, 6.45) is 1.58. The van der Waals surface area contributed by atoms with Crippen molar-refractivity contribution in [2.45, 2.75) is 0 Å². The van der Waals surface area contributed by atoms with Crippen LogP contribution >= 0.6 is 0 Å². The van der Waals surface area contributed by atoms with Gasteiger partial charge in [0.25, 0.3) is 6.47 Å². The van der Waals surface area contributed by atoms with Gasteiger partial charge in [-0.05, 0) is 0 Å². The van der Waals surface area contributed by atoms with E-state index in [-0.39, 0.29) is 6.79 Å². The molecule has 0 heterocycles. The predicted octanol–water partition coefficient (Wildman–Crippen LogP) is 0.319. The van der Waals surface area contributed by atoms with Gasteiger partial charge in [-0.15, -0.1) is 6.58 Å². The van der Waals surface area contributed by atoms with Gasteiger partial charge in [-0.1, -0.05) is 6.08 Å². The largest absolute Gasteiger partial charge is 0.441 e. The topological polar surface area (TPSA) is 35.5 Å². The molecule has 0 saturated heterocycles. The first-order chi connectivity index (χ1) is 3.91. The van der Waals surface area contributed by atoms with Crippen LogP contribution in [0.5, 0.6) is 0 Å². The predicted molar refractivity (Wildman–Crippen MR) is 28.2 cm³/mol. The van der Waals surface area contributed by atoms with Crippen LogP contribution in [0.15, 0.2) is 12.7 Å². The molecule has 3 heteroatoms. The SMILES string of the molecule is C=CCOCOC=O. The van der Waals surface area contributed by atoms with Gasteiger partial charge < -0.3 is 9.47 Å². The summed E-state index contributed by atoms with van der Waals surface area (Å²) >= 11 is 0. The maximum atomic E-state index is 9.44. The van der Waals surface area contributed by atoms with Crippen LogP contribution in [0.1, 0.15) is 0 Å². The minimum absolute atomic E-state index is 0.00944. The van der Waals surface area contributed by atoms with Gasteiger partial charge in [0.1, 0.15) is 0 Å². The zero-order chi connectivity index (χ0) is 6.24. The highest BCUT2D eigenvalue weighted by Crippen LogP contribution is 1.73. The highest BCUT2D eigenvalue weighted by molar-refractivity contribution is 5.36. The third kappa shape index (κ3) is 5.17. The summed E-state index contributed by atoms with van der Waals surface area (Å²) < 4.78 is 8.84. The lowest BCUT2D eigenvalue weighted by molar-refractivity contribution is -0.139. The van der Waals surface area contributed by atoms with E-state index in [0.717, 1.165) is 0 Å². The summed E-state index contributed by atoms with van der Waals surface area (Å²) in [4.78, 5) is 9.44. The van der Waals surface area contributed by atoms with Crippen LogP contribution in [-0.2, 0) is 14.3 Å². The smallest absolute Gasteiger partial charge is 0.295 e. The molecule has 0 aromatic heterocycles. The first-order valence-electron chi connectivity index (χ1n) is 2.15. The van der Waals surface area contributed by atoms with E-state index in [4.69, 9.17) is 0 Å². The monoisotopic (exact) mass is 116 g/mol. The van der Waals surface area contributed by atoms with Crippen LogP contribution in [0.2, 0.25) is 0 Å². The second-order valence-corrected chi connectivity index (χ2v) is 1.04. The number of hydrogen-bond donors (Lipinski definition) is 0. The molecule has 0 unspecified atom stereocenters. The molecule has 0 saturated carbocycles. The van der Waals surface area contributed by atoms with Crippen molar-refractivity contribution in [2.24, 2.45) is 0 Å². The van der Waals surface area contributed by atoms with E-state index < -0.39 is 0 Å². The average molecular weight is 116 g/mol. The van der Waals surface area contributed by atoms with Gasteiger partial charge in [-0.3, -0.25) is 4.79 Å². The Labute approximate surface area is 47.9 Å². The second-order valence-electron chi connectivity index (χ2n) is 1.04. The van der Waals surface area contributed by atoms with Crippen molar-refractivity contribution < 1.29 is 14.3 Å². The zero-order valence-corrected chi connectivity index (χ0v) is 4.50. The summed E-state index contributed by atoms with van der Waals surface area (Å²) in [5.74, 6) is 0. The minimum Gasteiger partial charge on any atom is -0.441 e. The van der Waals surface area contributed by atoms with Crippen molar-refractivity contribution in [3.05, 3.63) is 12.7 Å². The Morgan fingerprint density at radius 1 is 1.62 bits per heavy atom. The van der Waals surface area contributed by atoms with Crippen LogP contribution < -0.4 is 0 Å². The van der Waals surface area contributed by atoms with Crippen molar-refractivity contribution in [1.29, 1.82) is 0 Å². The zero-order valence-electron chi connectivity index (χ0n) is 4.50. The number of carbonyl (C=O) groups excluding carboxylic acids is 1. The molecule has 0 bridgehead atoms. The third-order valence-electron chi connectivity index (χ3n) is 0.455. The fraction of sp³-hybridized carbons (Fsp3) is 0.400. The van der Waals surface area contributed by atoms with E-state index in [1.54, 1.807) is 6.08 Å². The fourth-order valence-electron chi connectivity index (χ4n) is 0.207. The maximum Gasteiger partial charge on any atom is 0.295 e. The summed E-state index contributed by atoms with van der Waals surface area (Å²) in [6, 6.07) is 0. The molecule has 0 amide bonds. The van der Waals surface area contributed by atoms with Crippen molar-refractivity contribution >= 4 is 6.47 Å². The van der Waals surface area contributed by atoms with Gasteiger partial charge >= 0.3 is 0 Å². The molecule has 0 spiro atoms. The van der Waals surface area contributed by atoms with Gasteiger partial charge in [0.05, 0.1) is 6.61 Å². The quantitative estimate of drug-likeness (QED) is 0.224. The van der Waals surface area contributed by atoms with E-state index in [1.807, 2.05) is 0 Å². The molecule has 0 aromatic rings. The minimum atomic E-state index is 0.00944. The van der Waals surface area contributed by atoms with E-state index >= 15 is 0 Å².